The van der Waals surface area contributed by atoms with E-state index in [4.69, 9.17) is 10.5 Å². The highest BCUT2D eigenvalue weighted by Crippen LogP contribution is 2.15. The van der Waals surface area contributed by atoms with E-state index in [2.05, 4.69) is 0 Å². The molecule has 1 amide bonds. The van der Waals surface area contributed by atoms with Crippen LogP contribution in [0.2, 0.25) is 0 Å². The highest BCUT2D eigenvalue weighted by Gasteiger charge is 2.31. The second-order valence-electron chi connectivity index (χ2n) is 5.88. The topological polar surface area (TPSA) is 77.6 Å². The summed E-state index contributed by atoms with van der Waals surface area (Å²) in [5.74, 6) is -0.236. The van der Waals surface area contributed by atoms with Gasteiger partial charge in [0.05, 0.1) is 6.10 Å². The summed E-state index contributed by atoms with van der Waals surface area (Å²) in [4.78, 5) is 26.8. The first kappa shape index (κ1) is 16.7. The zero-order chi connectivity index (χ0) is 16.4. The molecule has 122 valence electrons. The number of rotatable bonds is 3. The molecule has 1 fully saturated rings. The lowest BCUT2D eigenvalue weighted by Gasteiger charge is -2.36. The van der Waals surface area contributed by atoms with Crippen molar-refractivity contribution in [2.24, 2.45) is 12.8 Å². The van der Waals surface area contributed by atoms with Gasteiger partial charge in [-0.15, -0.1) is 0 Å². The Kier molecular flexibility index (Phi) is 5.03. The fourth-order valence-electron chi connectivity index (χ4n) is 3.14. The first-order chi connectivity index (χ1) is 10.4. The smallest absolute Gasteiger partial charge is 0.263 e. The normalized spacial score (nSPS) is 22.0. The number of carbonyl (C=O) groups excluding carboxylic acids is 1. The number of piperidine rings is 1. The number of aryl methyl sites for hydroxylation is 1. The van der Waals surface area contributed by atoms with Gasteiger partial charge in [0.1, 0.15) is 5.56 Å². The van der Waals surface area contributed by atoms with Crippen molar-refractivity contribution >= 4 is 5.91 Å². The highest BCUT2D eigenvalue weighted by atomic mass is 16.5. The summed E-state index contributed by atoms with van der Waals surface area (Å²) in [5.41, 5.74) is 7.88. The third-order valence-electron chi connectivity index (χ3n) is 4.52. The molecule has 2 rings (SSSR count). The number of nitrogens with two attached hydrogens (primary N) is 1. The van der Waals surface area contributed by atoms with Crippen molar-refractivity contribution in [3.63, 3.8) is 0 Å². The average Bonchev–Trinajstić information content (AvgIpc) is 2.51. The summed E-state index contributed by atoms with van der Waals surface area (Å²) < 4.78 is 6.91. The summed E-state index contributed by atoms with van der Waals surface area (Å²) >= 11 is 0. The molecule has 0 unspecified atom stereocenters. The zero-order valence-electron chi connectivity index (χ0n) is 13.8. The summed E-state index contributed by atoms with van der Waals surface area (Å²) in [7, 11) is 3.31. The van der Waals surface area contributed by atoms with E-state index in [9.17, 15) is 9.59 Å². The molecule has 0 saturated carbocycles. The molecule has 2 N–H and O–H groups in total. The molecule has 1 aliphatic heterocycles. The Balaban J connectivity index is 2.33. The summed E-state index contributed by atoms with van der Waals surface area (Å²) in [6.45, 7) is 4.91. The molecule has 1 saturated heterocycles. The zero-order valence-corrected chi connectivity index (χ0v) is 13.8. The van der Waals surface area contributed by atoms with E-state index in [1.807, 2.05) is 13.8 Å². The van der Waals surface area contributed by atoms with Gasteiger partial charge in [0.2, 0.25) is 0 Å². The van der Waals surface area contributed by atoms with Gasteiger partial charge in [-0.2, -0.15) is 0 Å². The molecule has 0 bridgehead atoms. The molecular formula is C16H25N3O3. The van der Waals surface area contributed by atoms with Crippen LogP contribution in [-0.2, 0) is 18.2 Å². The van der Waals surface area contributed by atoms with Crippen molar-refractivity contribution in [3.05, 3.63) is 33.2 Å². The lowest BCUT2D eigenvalue weighted by atomic mass is 10.0. The lowest BCUT2D eigenvalue weighted by Crippen LogP contribution is -2.53. The van der Waals surface area contributed by atoms with Crippen LogP contribution in [0.1, 0.15) is 35.0 Å². The van der Waals surface area contributed by atoms with Crippen LogP contribution in [0.3, 0.4) is 0 Å². The monoisotopic (exact) mass is 307 g/mol. The van der Waals surface area contributed by atoms with Gasteiger partial charge in [-0.3, -0.25) is 9.59 Å². The summed E-state index contributed by atoms with van der Waals surface area (Å²) in [6, 6.07) is 1.64. The van der Waals surface area contributed by atoms with Gasteiger partial charge < -0.3 is 19.9 Å². The van der Waals surface area contributed by atoms with Crippen molar-refractivity contribution in [1.82, 2.24) is 9.47 Å². The maximum absolute atomic E-state index is 12.7. The van der Waals surface area contributed by atoms with E-state index in [0.717, 1.165) is 17.7 Å². The maximum Gasteiger partial charge on any atom is 0.263 e. The standard InChI is InChI=1S/C16H25N3O3/c1-5-13-10(2)8-11(15(20)18(13)3)16(21)19-7-6-12(17)14(9-19)22-4/h8,12,14H,5-7,9,17H2,1-4H3/t12-,14+/m1/s1. The van der Waals surface area contributed by atoms with E-state index < -0.39 is 0 Å². The first-order valence-electron chi connectivity index (χ1n) is 7.67. The molecule has 2 heterocycles. The fourth-order valence-corrected chi connectivity index (χ4v) is 3.14. The van der Waals surface area contributed by atoms with Gasteiger partial charge in [0, 0.05) is 39.0 Å². The van der Waals surface area contributed by atoms with Crippen molar-refractivity contribution in [2.45, 2.75) is 38.8 Å². The van der Waals surface area contributed by atoms with Crippen molar-refractivity contribution in [2.75, 3.05) is 20.2 Å². The van der Waals surface area contributed by atoms with Crippen LogP contribution in [0.4, 0.5) is 0 Å². The molecule has 2 atom stereocenters. The van der Waals surface area contributed by atoms with Gasteiger partial charge in [0.25, 0.3) is 11.5 Å². The lowest BCUT2D eigenvalue weighted by molar-refractivity contribution is 0.0161. The molecule has 1 aliphatic rings. The van der Waals surface area contributed by atoms with Crippen molar-refractivity contribution in [3.8, 4) is 0 Å². The van der Waals surface area contributed by atoms with E-state index >= 15 is 0 Å². The van der Waals surface area contributed by atoms with Crippen molar-refractivity contribution < 1.29 is 9.53 Å². The molecule has 1 aromatic heterocycles. The number of likely N-dealkylation sites (tertiary alicyclic amines) is 1. The van der Waals surface area contributed by atoms with E-state index in [1.54, 1.807) is 29.7 Å². The molecule has 6 nitrogen and oxygen atoms in total. The number of nitrogens with zero attached hydrogens (tertiary/aromatic N) is 2. The second-order valence-corrected chi connectivity index (χ2v) is 5.88. The van der Waals surface area contributed by atoms with Crippen LogP contribution in [0.5, 0.6) is 0 Å². The predicted molar refractivity (Wildman–Crippen MR) is 85.1 cm³/mol. The molecule has 0 spiro atoms. The van der Waals surface area contributed by atoms with Gasteiger partial charge in [-0.1, -0.05) is 6.92 Å². The number of aromatic nitrogens is 1. The number of methoxy groups -OCH3 is 1. The molecule has 0 radical (unpaired) electrons. The fraction of sp³-hybridized carbons (Fsp3) is 0.625. The Hall–Kier alpha value is -1.66. The Labute approximate surface area is 130 Å². The number of pyridine rings is 1. The Morgan fingerprint density at radius 2 is 2.18 bits per heavy atom. The molecule has 22 heavy (non-hydrogen) atoms. The van der Waals surface area contributed by atoms with Crippen LogP contribution in [0.15, 0.2) is 10.9 Å². The van der Waals surface area contributed by atoms with E-state index in [1.165, 1.54) is 0 Å². The number of carbonyl (C=O) groups is 1. The Bertz CT molecular complexity index is 624. The maximum atomic E-state index is 12.7. The van der Waals surface area contributed by atoms with Crippen LogP contribution in [0.25, 0.3) is 0 Å². The number of hydrogen-bond donors (Lipinski definition) is 1. The summed E-state index contributed by atoms with van der Waals surface area (Å²) in [6.07, 6.45) is 1.25. The number of hydrogen-bond acceptors (Lipinski definition) is 4. The second kappa shape index (κ2) is 6.62. The minimum Gasteiger partial charge on any atom is -0.378 e. The largest absolute Gasteiger partial charge is 0.378 e. The molecule has 0 aromatic carbocycles. The van der Waals surface area contributed by atoms with Crippen LogP contribution in [0, 0.1) is 6.92 Å². The third-order valence-corrected chi connectivity index (χ3v) is 4.52. The van der Waals surface area contributed by atoms with Crippen LogP contribution >= 0.6 is 0 Å². The quantitative estimate of drug-likeness (QED) is 0.879. The Morgan fingerprint density at radius 1 is 1.50 bits per heavy atom. The molecule has 1 aromatic rings. The number of ether oxygens (including phenoxy) is 1. The average molecular weight is 307 g/mol. The van der Waals surface area contributed by atoms with Gasteiger partial charge >= 0.3 is 0 Å². The van der Waals surface area contributed by atoms with Gasteiger partial charge in [-0.25, -0.2) is 0 Å². The van der Waals surface area contributed by atoms with E-state index in [0.29, 0.717) is 19.5 Å². The number of amides is 1. The SMILES string of the molecule is CCc1c(C)cc(C(=O)N2CC[C@@H](N)[C@@H](OC)C2)c(=O)n1C. The van der Waals surface area contributed by atoms with Crippen LogP contribution < -0.4 is 11.3 Å². The molecule has 0 aliphatic carbocycles. The molecule has 6 heteroatoms. The Morgan fingerprint density at radius 3 is 2.77 bits per heavy atom. The summed E-state index contributed by atoms with van der Waals surface area (Å²) in [5, 5.41) is 0. The van der Waals surface area contributed by atoms with Crippen LogP contribution in [-0.4, -0.2) is 47.7 Å². The third kappa shape index (κ3) is 2.94. The predicted octanol–water partition coefficient (Wildman–Crippen LogP) is 0.444. The minimum atomic E-state index is -0.240. The van der Waals surface area contributed by atoms with Gasteiger partial charge in [0.15, 0.2) is 0 Å². The van der Waals surface area contributed by atoms with Crippen molar-refractivity contribution in [1.29, 1.82) is 0 Å². The van der Waals surface area contributed by atoms with E-state index in [-0.39, 0.29) is 29.2 Å². The first-order valence-corrected chi connectivity index (χ1v) is 7.67. The minimum absolute atomic E-state index is 0.0684. The molecular weight excluding hydrogens is 282 g/mol. The van der Waals surface area contributed by atoms with Gasteiger partial charge in [-0.05, 0) is 31.4 Å². The highest BCUT2D eigenvalue weighted by molar-refractivity contribution is 5.94.